The Labute approximate surface area is 170 Å². The molecule has 0 aromatic carbocycles. The third-order valence-electron chi connectivity index (χ3n) is 3.69. The SMILES string of the molecule is Cl.Cl.Cl.NC(=O)c1cnc(Nc2cnccn2)cc1NC1CCNCC1. The largest absolute Gasteiger partial charge is 0.381 e. The first-order valence-corrected chi connectivity index (χ1v) is 7.52. The van der Waals surface area contributed by atoms with E-state index in [-0.39, 0.29) is 37.2 Å². The number of nitrogens with one attached hydrogen (secondary N) is 3. The Morgan fingerprint density at radius 3 is 2.42 bits per heavy atom. The highest BCUT2D eigenvalue weighted by Crippen LogP contribution is 2.22. The first kappa shape index (κ1) is 24.1. The second-order valence-electron chi connectivity index (χ2n) is 5.36. The van der Waals surface area contributed by atoms with Crippen LogP contribution in [0.25, 0.3) is 0 Å². The summed E-state index contributed by atoms with van der Waals surface area (Å²) in [5, 5.41) is 9.77. The fourth-order valence-electron chi connectivity index (χ4n) is 2.52. The lowest BCUT2D eigenvalue weighted by molar-refractivity contribution is 0.100. The maximum absolute atomic E-state index is 11.6. The van der Waals surface area contributed by atoms with Gasteiger partial charge in [-0.25, -0.2) is 9.97 Å². The van der Waals surface area contributed by atoms with Crippen LogP contribution < -0.4 is 21.7 Å². The van der Waals surface area contributed by atoms with Crippen LogP contribution in [-0.2, 0) is 0 Å². The molecule has 11 heteroatoms. The van der Waals surface area contributed by atoms with Crippen LogP contribution >= 0.6 is 37.2 Å². The molecule has 0 saturated carbocycles. The van der Waals surface area contributed by atoms with Crippen molar-refractivity contribution in [3.63, 3.8) is 0 Å². The van der Waals surface area contributed by atoms with Crippen LogP contribution in [0.15, 0.2) is 30.9 Å². The monoisotopic (exact) mass is 421 g/mol. The van der Waals surface area contributed by atoms with Crippen molar-refractivity contribution < 1.29 is 4.79 Å². The van der Waals surface area contributed by atoms with Crippen molar-refractivity contribution in [2.75, 3.05) is 23.7 Å². The molecule has 0 radical (unpaired) electrons. The van der Waals surface area contributed by atoms with Crippen molar-refractivity contribution >= 4 is 60.5 Å². The summed E-state index contributed by atoms with van der Waals surface area (Å²) in [5.74, 6) is 0.659. The molecule has 2 aromatic rings. The lowest BCUT2D eigenvalue weighted by Gasteiger charge is -2.25. The number of pyridine rings is 1. The number of anilines is 3. The van der Waals surface area contributed by atoms with Gasteiger partial charge in [0.15, 0.2) is 0 Å². The minimum atomic E-state index is -0.500. The summed E-state index contributed by atoms with van der Waals surface area (Å²) >= 11 is 0. The van der Waals surface area contributed by atoms with Gasteiger partial charge in [-0.1, -0.05) is 0 Å². The normalized spacial score (nSPS) is 13.4. The van der Waals surface area contributed by atoms with Gasteiger partial charge in [-0.2, -0.15) is 0 Å². The molecule has 0 aliphatic carbocycles. The van der Waals surface area contributed by atoms with E-state index in [4.69, 9.17) is 5.73 Å². The fourth-order valence-corrected chi connectivity index (χ4v) is 2.52. The number of aromatic nitrogens is 3. The molecule has 2 aromatic heterocycles. The second kappa shape index (κ2) is 11.7. The molecule has 8 nitrogen and oxygen atoms in total. The van der Waals surface area contributed by atoms with Crippen LogP contribution in [-0.4, -0.2) is 40.0 Å². The fraction of sp³-hybridized carbons (Fsp3) is 0.333. The molecule has 1 saturated heterocycles. The number of carbonyl (C=O) groups excluding carboxylic acids is 1. The number of nitrogens with zero attached hydrogens (tertiary/aromatic N) is 3. The van der Waals surface area contributed by atoms with Gasteiger partial charge in [0.2, 0.25) is 0 Å². The number of piperidine rings is 1. The van der Waals surface area contributed by atoms with Crippen molar-refractivity contribution in [3.8, 4) is 0 Å². The molecule has 1 aliphatic rings. The number of halogens is 3. The smallest absolute Gasteiger partial charge is 0.252 e. The predicted octanol–water partition coefficient (Wildman–Crippen LogP) is 2.14. The van der Waals surface area contributed by atoms with Crippen molar-refractivity contribution in [3.05, 3.63) is 36.4 Å². The van der Waals surface area contributed by atoms with Gasteiger partial charge in [0, 0.05) is 30.7 Å². The maximum atomic E-state index is 11.6. The highest BCUT2D eigenvalue weighted by Gasteiger charge is 2.17. The Hall–Kier alpha value is -1.87. The molecular formula is C15H22Cl3N7O. The van der Waals surface area contributed by atoms with E-state index in [0.29, 0.717) is 28.9 Å². The van der Waals surface area contributed by atoms with E-state index in [1.807, 2.05) is 0 Å². The zero-order chi connectivity index (χ0) is 16.1. The molecule has 1 fully saturated rings. The van der Waals surface area contributed by atoms with Gasteiger partial charge in [-0.15, -0.1) is 37.2 Å². The van der Waals surface area contributed by atoms with E-state index in [0.717, 1.165) is 25.9 Å². The first-order chi connectivity index (χ1) is 11.2. The Morgan fingerprint density at radius 2 is 1.81 bits per heavy atom. The molecule has 0 bridgehead atoms. The van der Waals surface area contributed by atoms with Gasteiger partial charge in [-0.05, 0) is 25.9 Å². The van der Waals surface area contributed by atoms with Crippen molar-refractivity contribution in [1.29, 1.82) is 0 Å². The maximum Gasteiger partial charge on any atom is 0.252 e. The van der Waals surface area contributed by atoms with Gasteiger partial charge in [0.25, 0.3) is 5.91 Å². The topological polar surface area (TPSA) is 118 Å². The van der Waals surface area contributed by atoms with Crippen molar-refractivity contribution in [1.82, 2.24) is 20.3 Å². The number of amides is 1. The van der Waals surface area contributed by atoms with Gasteiger partial charge < -0.3 is 21.7 Å². The second-order valence-corrected chi connectivity index (χ2v) is 5.36. The van der Waals surface area contributed by atoms with Gasteiger partial charge in [0.1, 0.15) is 11.6 Å². The molecule has 26 heavy (non-hydrogen) atoms. The van der Waals surface area contributed by atoms with E-state index in [1.165, 1.54) is 6.20 Å². The summed E-state index contributed by atoms with van der Waals surface area (Å²) in [6.07, 6.45) is 8.25. The molecule has 0 spiro atoms. The molecule has 3 rings (SSSR count). The Balaban J connectivity index is 0.00000208. The van der Waals surface area contributed by atoms with E-state index < -0.39 is 5.91 Å². The quantitative estimate of drug-likeness (QED) is 0.583. The molecule has 144 valence electrons. The van der Waals surface area contributed by atoms with E-state index >= 15 is 0 Å². The minimum Gasteiger partial charge on any atom is -0.381 e. The number of hydrogen-bond donors (Lipinski definition) is 4. The zero-order valence-corrected chi connectivity index (χ0v) is 16.3. The summed E-state index contributed by atoms with van der Waals surface area (Å²) in [6, 6.07) is 2.08. The number of hydrogen-bond acceptors (Lipinski definition) is 7. The van der Waals surface area contributed by atoms with Crippen LogP contribution in [0.1, 0.15) is 23.2 Å². The highest BCUT2D eigenvalue weighted by atomic mass is 35.5. The molecule has 0 unspecified atom stereocenters. The standard InChI is InChI=1S/C15H19N7O.3ClH/c16-15(23)11-8-20-13(22-14-9-18-5-6-19-14)7-12(11)21-10-1-3-17-4-2-10;;;/h5-10,17H,1-4H2,(H2,16,23)(H2,19,20,21,22);3*1H. The van der Waals surface area contributed by atoms with Crippen LogP contribution in [0.5, 0.6) is 0 Å². The average Bonchev–Trinajstić information content (AvgIpc) is 2.57. The number of primary amides is 1. The minimum absolute atomic E-state index is 0. The third-order valence-corrected chi connectivity index (χ3v) is 3.69. The van der Waals surface area contributed by atoms with E-state index in [9.17, 15) is 4.79 Å². The lowest BCUT2D eigenvalue weighted by atomic mass is 10.1. The van der Waals surface area contributed by atoms with Gasteiger partial charge >= 0.3 is 0 Å². The predicted molar refractivity (Wildman–Crippen MR) is 109 cm³/mol. The van der Waals surface area contributed by atoms with Crippen LogP contribution in [0, 0.1) is 0 Å². The zero-order valence-electron chi connectivity index (χ0n) is 13.8. The number of nitrogens with two attached hydrogens (primary N) is 1. The van der Waals surface area contributed by atoms with Gasteiger partial charge in [-0.3, -0.25) is 9.78 Å². The third kappa shape index (κ3) is 6.45. The number of rotatable bonds is 5. The highest BCUT2D eigenvalue weighted by molar-refractivity contribution is 5.98. The van der Waals surface area contributed by atoms with Gasteiger partial charge in [0.05, 0.1) is 17.4 Å². The Morgan fingerprint density at radius 1 is 1.08 bits per heavy atom. The van der Waals surface area contributed by atoms with Crippen LogP contribution in [0.2, 0.25) is 0 Å². The average molecular weight is 423 g/mol. The summed E-state index contributed by atoms with van der Waals surface area (Å²) in [6.45, 7) is 1.92. The molecule has 3 heterocycles. The summed E-state index contributed by atoms with van der Waals surface area (Å²) in [7, 11) is 0. The summed E-state index contributed by atoms with van der Waals surface area (Å²) < 4.78 is 0. The van der Waals surface area contributed by atoms with E-state index in [2.05, 4.69) is 30.9 Å². The van der Waals surface area contributed by atoms with E-state index in [1.54, 1.807) is 24.7 Å². The van der Waals surface area contributed by atoms with Crippen molar-refractivity contribution in [2.24, 2.45) is 5.73 Å². The molecule has 1 aliphatic heterocycles. The lowest BCUT2D eigenvalue weighted by Crippen LogP contribution is -2.35. The van der Waals surface area contributed by atoms with Crippen LogP contribution in [0.4, 0.5) is 17.3 Å². The molecule has 1 amide bonds. The summed E-state index contributed by atoms with van der Waals surface area (Å²) in [5.41, 5.74) is 6.52. The molecule has 5 N–H and O–H groups in total. The Kier molecular flexibility index (Phi) is 10.8. The van der Waals surface area contributed by atoms with Crippen molar-refractivity contribution in [2.45, 2.75) is 18.9 Å². The molecule has 0 atom stereocenters. The summed E-state index contributed by atoms with van der Waals surface area (Å²) in [4.78, 5) is 24.0. The Bertz CT molecular complexity index is 684. The first-order valence-electron chi connectivity index (χ1n) is 7.52. The molecular weight excluding hydrogens is 401 g/mol. The van der Waals surface area contributed by atoms with Crippen LogP contribution in [0.3, 0.4) is 0 Å². The number of carbonyl (C=O) groups is 1.